The minimum Gasteiger partial charge on any atom is -0.389 e. The first-order chi connectivity index (χ1) is 9.47. The summed E-state index contributed by atoms with van der Waals surface area (Å²) >= 11 is 0. The van der Waals surface area contributed by atoms with Gasteiger partial charge in [0.2, 0.25) is 0 Å². The Morgan fingerprint density at radius 1 is 1.25 bits per heavy atom. The first kappa shape index (κ1) is 14.7. The van der Waals surface area contributed by atoms with Crippen molar-refractivity contribution in [3.05, 3.63) is 46.5 Å². The van der Waals surface area contributed by atoms with Gasteiger partial charge < -0.3 is 5.11 Å². The minimum absolute atomic E-state index is 0.300. The Hall–Kier alpha value is -1.68. The fraction of sp³-hybridized carbons (Fsp3) is 0.438. The maximum absolute atomic E-state index is 13.7. The number of rotatable bonds is 4. The van der Waals surface area contributed by atoms with E-state index in [0.29, 0.717) is 11.1 Å². The van der Waals surface area contributed by atoms with Gasteiger partial charge >= 0.3 is 0 Å². The van der Waals surface area contributed by atoms with E-state index in [2.05, 4.69) is 25.0 Å². The summed E-state index contributed by atoms with van der Waals surface area (Å²) < 4.78 is 15.6. The first-order valence-electron chi connectivity index (χ1n) is 7.04. The van der Waals surface area contributed by atoms with E-state index < -0.39 is 6.10 Å². The average Bonchev–Trinajstić information content (AvgIpc) is 2.84. The molecule has 1 aromatic carbocycles. The molecule has 20 heavy (non-hydrogen) atoms. The van der Waals surface area contributed by atoms with Crippen molar-refractivity contribution in [3.63, 3.8) is 0 Å². The molecule has 0 saturated heterocycles. The molecule has 1 aromatic heterocycles. The lowest BCUT2D eigenvalue weighted by Gasteiger charge is -2.15. The smallest absolute Gasteiger partial charge is 0.126 e. The zero-order valence-electron chi connectivity index (χ0n) is 12.4. The molecule has 0 bridgehead atoms. The number of aliphatic hydroxyl groups excluding tert-OH is 1. The lowest BCUT2D eigenvalue weighted by atomic mass is 10.0. The molecule has 4 heteroatoms. The molecule has 0 spiro atoms. The van der Waals surface area contributed by atoms with Crippen LogP contribution >= 0.6 is 0 Å². The van der Waals surface area contributed by atoms with Crippen LogP contribution in [0.1, 0.15) is 49.4 Å². The predicted octanol–water partition coefficient (Wildman–Crippen LogP) is 3.50. The van der Waals surface area contributed by atoms with Crippen LogP contribution in [0.3, 0.4) is 0 Å². The number of nitrogens with zero attached hydrogens (tertiary/aromatic N) is 2. The number of benzene rings is 1. The molecule has 1 N–H and O–H groups in total. The number of halogens is 1. The van der Waals surface area contributed by atoms with Gasteiger partial charge in [-0.2, -0.15) is 5.10 Å². The van der Waals surface area contributed by atoms with Crippen molar-refractivity contribution in [3.8, 4) is 5.69 Å². The van der Waals surface area contributed by atoms with Crippen LogP contribution in [0.4, 0.5) is 4.39 Å². The highest BCUT2D eigenvalue weighted by Crippen LogP contribution is 2.26. The van der Waals surface area contributed by atoms with Gasteiger partial charge in [0, 0.05) is 11.3 Å². The second-order valence-corrected chi connectivity index (χ2v) is 5.08. The van der Waals surface area contributed by atoms with Crippen molar-refractivity contribution in [2.45, 2.75) is 46.6 Å². The average molecular weight is 276 g/mol. The Morgan fingerprint density at radius 2 is 1.95 bits per heavy atom. The van der Waals surface area contributed by atoms with E-state index in [0.717, 1.165) is 29.9 Å². The highest BCUT2D eigenvalue weighted by molar-refractivity contribution is 5.46. The fourth-order valence-corrected chi connectivity index (χ4v) is 2.31. The summed E-state index contributed by atoms with van der Waals surface area (Å²) in [5, 5.41) is 14.5. The Balaban J connectivity index is 2.67. The van der Waals surface area contributed by atoms with Crippen molar-refractivity contribution >= 4 is 0 Å². The maximum Gasteiger partial charge on any atom is 0.126 e. The first-order valence-corrected chi connectivity index (χ1v) is 7.04. The largest absolute Gasteiger partial charge is 0.389 e. The van der Waals surface area contributed by atoms with Crippen molar-refractivity contribution in [2.24, 2.45) is 0 Å². The second kappa shape index (κ2) is 5.75. The Bertz CT molecular complexity index is 617. The van der Waals surface area contributed by atoms with Crippen LogP contribution in [0.2, 0.25) is 0 Å². The number of hydrogen-bond acceptors (Lipinski definition) is 2. The topological polar surface area (TPSA) is 38.0 Å². The van der Waals surface area contributed by atoms with Crippen molar-refractivity contribution in [2.75, 3.05) is 0 Å². The van der Waals surface area contributed by atoms with Gasteiger partial charge in [0.05, 0.1) is 17.5 Å². The summed E-state index contributed by atoms with van der Waals surface area (Å²) in [7, 11) is 0. The molecule has 1 heterocycles. The van der Waals surface area contributed by atoms with Crippen LogP contribution in [-0.2, 0) is 12.8 Å². The van der Waals surface area contributed by atoms with E-state index in [1.165, 1.54) is 6.07 Å². The van der Waals surface area contributed by atoms with E-state index in [1.807, 2.05) is 4.68 Å². The highest BCUT2D eigenvalue weighted by atomic mass is 19.1. The molecular weight excluding hydrogens is 255 g/mol. The predicted molar refractivity (Wildman–Crippen MR) is 77.6 cm³/mol. The van der Waals surface area contributed by atoms with Crippen molar-refractivity contribution < 1.29 is 9.50 Å². The van der Waals surface area contributed by atoms with Crippen LogP contribution in [0, 0.1) is 12.7 Å². The molecule has 108 valence electrons. The normalized spacial score (nSPS) is 12.7. The Morgan fingerprint density at radius 3 is 2.50 bits per heavy atom. The number of aryl methyl sites for hydroxylation is 3. The number of aliphatic hydroxyl groups is 1. The van der Waals surface area contributed by atoms with Crippen LogP contribution in [0.5, 0.6) is 0 Å². The van der Waals surface area contributed by atoms with Crippen LogP contribution in [-0.4, -0.2) is 14.9 Å². The zero-order valence-corrected chi connectivity index (χ0v) is 12.4. The fourth-order valence-electron chi connectivity index (χ4n) is 2.31. The van der Waals surface area contributed by atoms with E-state index in [9.17, 15) is 9.50 Å². The Labute approximate surface area is 119 Å². The van der Waals surface area contributed by atoms with Crippen LogP contribution in [0.25, 0.3) is 5.69 Å². The van der Waals surface area contributed by atoms with E-state index in [-0.39, 0.29) is 5.82 Å². The second-order valence-electron chi connectivity index (χ2n) is 5.08. The molecule has 2 aromatic rings. The quantitative estimate of drug-likeness (QED) is 0.928. The molecule has 0 aliphatic heterocycles. The lowest BCUT2D eigenvalue weighted by Crippen LogP contribution is -2.08. The maximum atomic E-state index is 13.7. The Kier molecular flexibility index (Phi) is 4.23. The molecule has 0 amide bonds. The third-order valence-electron chi connectivity index (χ3n) is 3.54. The van der Waals surface area contributed by atoms with Gasteiger partial charge in [-0.05, 0) is 50.5 Å². The van der Waals surface area contributed by atoms with Gasteiger partial charge in [0.1, 0.15) is 5.82 Å². The van der Waals surface area contributed by atoms with Gasteiger partial charge in [0.25, 0.3) is 0 Å². The van der Waals surface area contributed by atoms with Gasteiger partial charge in [-0.25, -0.2) is 9.07 Å². The van der Waals surface area contributed by atoms with E-state index in [4.69, 9.17) is 0 Å². The molecule has 3 nitrogen and oxygen atoms in total. The van der Waals surface area contributed by atoms with Crippen molar-refractivity contribution in [1.29, 1.82) is 0 Å². The molecule has 1 atom stereocenters. The standard InChI is InChI=1S/C16H21FN2O/c1-5-12-8-13(6-2)19(18-12)16-7-10(3)15(17)9-14(16)11(4)20/h7-9,11,20H,5-6H2,1-4H3/t11-/m0/s1. The van der Waals surface area contributed by atoms with E-state index in [1.54, 1.807) is 19.9 Å². The summed E-state index contributed by atoms with van der Waals surface area (Å²) in [6.07, 6.45) is 0.950. The molecule has 0 unspecified atom stereocenters. The molecule has 0 fully saturated rings. The monoisotopic (exact) mass is 276 g/mol. The van der Waals surface area contributed by atoms with Crippen LogP contribution < -0.4 is 0 Å². The molecular formula is C16H21FN2O. The zero-order chi connectivity index (χ0) is 14.9. The SMILES string of the molecule is CCc1cc(CC)n(-c2cc(C)c(F)cc2[C@H](C)O)n1. The van der Waals surface area contributed by atoms with Gasteiger partial charge in [0.15, 0.2) is 0 Å². The highest BCUT2D eigenvalue weighted by Gasteiger charge is 2.16. The third-order valence-corrected chi connectivity index (χ3v) is 3.54. The molecule has 0 radical (unpaired) electrons. The van der Waals surface area contributed by atoms with Gasteiger partial charge in [-0.1, -0.05) is 13.8 Å². The third kappa shape index (κ3) is 2.61. The summed E-state index contributed by atoms with van der Waals surface area (Å²) in [5.41, 5.74) is 3.94. The number of hydrogen-bond donors (Lipinski definition) is 1. The number of aromatic nitrogens is 2. The summed E-state index contributed by atoms with van der Waals surface area (Å²) in [4.78, 5) is 0. The summed E-state index contributed by atoms with van der Waals surface area (Å²) in [6.45, 7) is 7.48. The molecule has 0 aliphatic rings. The van der Waals surface area contributed by atoms with Gasteiger partial charge in [-0.3, -0.25) is 0 Å². The summed E-state index contributed by atoms with van der Waals surface area (Å²) in [5.74, 6) is -0.300. The van der Waals surface area contributed by atoms with Crippen LogP contribution in [0.15, 0.2) is 18.2 Å². The minimum atomic E-state index is -0.737. The van der Waals surface area contributed by atoms with E-state index >= 15 is 0 Å². The van der Waals surface area contributed by atoms with Gasteiger partial charge in [-0.15, -0.1) is 0 Å². The lowest BCUT2D eigenvalue weighted by molar-refractivity contribution is 0.198. The molecule has 0 aliphatic carbocycles. The molecule has 0 saturated carbocycles. The molecule has 2 rings (SSSR count). The van der Waals surface area contributed by atoms with Crippen molar-refractivity contribution in [1.82, 2.24) is 9.78 Å². The summed E-state index contributed by atoms with van der Waals surface area (Å²) in [6, 6.07) is 5.22.